The maximum absolute atomic E-state index is 13.5. The highest BCUT2D eigenvalue weighted by molar-refractivity contribution is 5.24. The van der Waals surface area contributed by atoms with E-state index in [0.29, 0.717) is 12.0 Å². The summed E-state index contributed by atoms with van der Waals surface area (Å²) >= 11 is 0. The third-order valence-corrected chi connectivity index (χ3v) is 4.43. The van der Waals surface area contributed by atoms with Crippen molar-refractivity contribution in [1.29, 1.82) is 0 Å². The van der Waals surface area contributed by atoms with Gasteiger partial charge in [-0.2, -0.15) is 0 Å². The fourth-order valence-corrected chi connectivity index (χ4v) is 2.85. The van der Waals surface area contributed by atoms with Crippen LogP contribution in [-0.4, -0.2) is 12.6 Å². The summed E-state index contributed by atoms with van der Waals surface area (Å²) in [6.07, 6.45) is 3.58. The first-order chi connectivity index (χ1) is 8.24. The van der Waals surface area contributed by atoms with Gasteiger partial charge in [-0.25, -0.2) is 4.39 Å². The molecule has 2 saturated carbocycles. The Morgan fingerprint density at radius 2 is 1.94 bits per heavy atom. The molecule has 2 aliphatic rings. The molecule has 0 spiro atoms. The topological polar surface area (TPSA) is 12.0 Å². The quantitative estimate of drug-likeness (QED) is 0.841. The molecule has 0 amide bonds. The van der Waals surface area contributed by atoms with Gasteiger partial charge >= 0.3 is 0 Å². The Labute approximate surface area is 102 Å². The van der Waals surface area contributed by atoms with Gasteiger partial charge in [0.05, 0.1) is 0 Å². The summed E-state index contributed by atoms with van der Waals surface area (Å²) < 4.78 is 13.5. The van der Waals surface area contributed by atoms with Crippen LogP contribution in [0.3, 0.4) is 0 Å². The van der Waals surface area contributed by atoms with Gasteiger partial charge in [0.15, 0.2) is 0 Å². The molecule has 0 aromatic heterocycles. The van der Waals surface area contributed by atoms with Crippen molar-refractivity contribution in [3.8, 4) is 0 Å². The lowest BCUT2D eigenvalue weighted by Gasteiger charge is -2.36. The highest BCUT2D eigenvalue weighted by atomic mass is 19.1. The molecule has 17 heavy (non-hydrogen) atoms. The van der Waals surface area contributed by atoms with Crippen molar-refractivity contribution in [1.82, 2.24) is 5.32 Å². The lowest BCUT2D eigenvalue weighted by Crippen LogP contribution is -2.41. The minimum absolute atomic E-state index is 0.0354. The van der Waals surface area contributed by atoms with Crippen LogP contribution < -0.4 is 5.32 Å². The fraction of sp³-hybridized carbons (Fsp3) is 0.600. The van der Waals surface area contributed by atoms with E-state index in [2.05, 4.69) is 12.2 Å². The molecule has 92 valence electrons. The maximum Gasteiger partial charge on any atom is 0.126 e. The van der Waals surface area contributed by atoms with Gasteiger partial charge in [-0.15, -0.1) is 0 Å². The Bertz CT molecular complexity index is 398. The van der Waals surface area contributed by atoms with E-state index in [1.165, 1.54) is 6.42 Å². The normalized spacial score (nSPS) is 35.4. The number of rotatable bonds is 4. The number of nitrogens with one attached hydrogen (secondary N) is 1. The number of hydrogen-bond donors (Lipinski definition) is 1. The van der Waals surface area contributed by atoms with Crippen molar-refractivity contribution in [3.63, 3.8) is 0 Å². The second-order valence-electron chi connectivity index (χ2n) is 5.77. The molecule has 2 fully saturated rings. The molecule has 2 heteroatoms. The van der Waals surface area contributed by atoms with Crippen molar-refractivity contribution in [2.45, 2.75) is 38.1 Å². The average Bonchev–Trinajstić information content (AvgIpc) is 2.95. The monoisotopic (exact) mass is 233 g/mol. The summed E-state index contributed by atoms with van der Waals surface area (Å²) in [7, 11) is 0. The molecule has 2 aliphatic carbocycles. The summed E-state index contributed by atoms with van der Waals surface area (Å²) in [5.41, 5.74) is 0.908. The summed E-state index contributed by atoms with van der Waals surface area (Å²) in [6.45, 7) is 3.48. The molecule has 1 N–H and O–H groups in total. The van der Waals surface area contributed by atoms with Gasteiger partial charge in [-0.3, -0.25) is 0 Å². The minimum Gasteiger partial charge on any atom is -0.314 e. The summed E-state index contributed by atoms with van der Waals surface area (Å²) in [4.78, 5) is 0. The Morgan fingerprint density at radius 3 is 2.59 bits per heavy atom. The first-order valence-electron chi connectivity index (χ1n) is 6.72. The van der Waals surface area contributed by atoms with E-state index in [9.17, 15) is 4.39 Å². The predicted octanol–water partition coefficient (Wildman–Crippen LogP) is 3.32. The van der Waals surface area contributed by atoms with Crippen LogP contribution >= 0.6 is 0 Å². The van der Waals surface area contributed by atoms with E-state index in [1.54, 1.807) is 12.1 Å². The van der Waals surface area contributed by atoms with E-state index >= 15 is 0 Å². The first-order valence-corrected chi connectivity index (χ1v) is 6.72. The largest absolute Gasteiger partial charge is 0.314 e. The molecule has 1 aromatic rings. The molecule has 2 unspecified atom stereocenters. The lowest BCUT2D eigenvalue weighted by molar-refractivity contribution is 0.282. The number of halogens is 1. The van der Waals surface area contributed by atoms with Gasteiger partial charge in [0.1, 0.15) is 5.82 Å². The smallest absolute Gasteiger partial charge is 0.126 e. The first kappa shape index (κ1) is 11.2. The molecule has 0 heterocycles. The number of benzene rings is 1. The Morgan fingerprint density at radius 1 is 1.24 bits per heavy atom. The van der Waals surface area contributed by atoms with Crippen LogP contribution in [0.4, 0.5) is 4.39 Å². The van der Waals surface area contributed by atoms with Gasteiger partial charge in [0.25, 0.3) is 0 Å². The second-order valence-corrected chi connectivity index (χ2v) is 5.77. The molecule has 0 radical (unpaired) electrons. The molecule has 0 aliphatic heterocycles. The summed E-state index contributed by atoms with van der Waals surface area (Å²) in [6, 6.07) is 7.82. The molecule has 0 bridgehead atoms. The average molecular weight is 233 g/mol. The molecule has 0 saturated heterocycles. The molecule has 3 rings (SSSR count). The lowest BCUT2D eigenvalue weighted by atomic mass is 9.75. The van der Waals surface area contributed by atoms with Crippen molar-refractivity contribution in [2.75, 3.05) is 6.54 Å². The van der Waals surface area contributed by atoms with Crippen LogP contribution in [0.5, 0.6) is 0 Å². The minimum atomic E-state index is -0.0354. The second kappa shape index (κ2) is 4.41. The number of hydrogen-bond acceptors (Lipinski definition) is 1. The van der Waals surface area contributed by atoms with Crippen LogP contribution in [0.15, 0.2) is 24.3 Å². The summed E-state index contributed by atoms with van der Waals surface area (Å²) in [5.74, 6) is 2.23. The molecule has 1 aromatic carbocycles. The van der Waals surface area contributed by atoms with Gasteiger partial charge in [0.2, 0.25) is 0 Å². The maximum atomic E-state index is 13.5. The van der Waals surface area contributed by atoms with E-state index in [1.807, 2.05) is 12.1 Å². The third-order valence-electron chi connectivity index (χ3n) is 4.43. The van der Waals surface area contributed by atoms with E-state index in [0.717, 1.165) is 36.8 Å². The third kappa shape index (κ3) is 2.37. The molecular weight excluding hydrogens is 213 g/mol. The molecule has 2 atom stereocenters. The van der Waals surface area contributed by atoms with Gasteiger partial charge in [-0.1, -0.05) is 25.1 Å². The van der Waals surface area contributed by atoms with Crippen molar-refractivity contribution < 1.29 is 4.39 Å². The Hall–Kier alpha value is -0.890. The highest BCUT2D eigenvalue weighted by Crippen LogP contribution is 2.40. The van der Waals surface area contributed by atoms with E-state index in [4.69, 9.17) is 0 Å². The Kier molecular flexibility index (Phi) is 2.91. The molecule has 1 nitrogen and oxygen atoms in total. The van der Waals surface area contributed by atoms with Gasteiger partial charge in [-0.05, 0) is 55.2 Å². The Balaban J connectivity index is 1.46. The fourth-order valence-electron chi connectivity index (χ4n) is 2.85. The zero-order valence-corrected chi connectivity index (χ0v) is 10.3. The predicted molar refractivity (Wildman–Crippen MR) is 67.4 cm³/mol. The zero-order valence-electron chi connectivity index (χ0n) is 10.3. The van der Waals surface area contributed by atoms with Crippen LogP contribution in [0.2, 0.25) is 0 Å². The van der Waals surface area contributed by atoms with Crippen LogP contribution in [-0.2, 0) is 0 Å². The standard InChI is InChI=1S/C15H20FN/c1-10-6-12(10)9-17-13-7-11(8-13)14-4-2-3-5-15(14)16/h2-5,10-13,17H,6-9H2,1H3. The van der Waals surface area contributed by atoms with E-state index < -0.39 is 0 Å². The van der Waals surface area contributed by atoms with Gasteiger partial charge in [0, 0.05) is 6.04 Å². The van der Waals surface area contributed by atoms with Crippen LogP contribution in [0.25, 0.3) is 0 Å². The molecular formula is C15H20FN. The van der Waals surface area contributed by atoms with Crippen molar-refractivity contribution >= 4 is 0 Å². The van der Waals surface area contributed by atoms with Crippen molar-refractivity contribution in [2.24, 2.45) is 11.8 Å². The van der Waals surface area contributed by atoms with Gasteiger partial charge < -0.3 is 5.32 Å². The van der Waals surface area contributed by atoms with E-state index in [-0.39, 0.29) is 5.82 Å². The highest BCUT2D eigenvalue weighted by Gasteiger charge is 2.35. The zero-order chi connectivity index (χ0) is 11.8. The van der Waals surface area contributed by atoms with Crippen LogP contribution in [0, 0.1) is 17.7 Å². The van der Waals surface area contributed by atoms with Crippen LogP contribution in [0.1, 0.15) is 37.7 Å². The van der Waals surface area contributed by atoms with Crippen molar-refractivity contribution in [3.05, 3.63) is 35.6 Å². The SMILES string of the molecule is CC1CC1CNC1CC(c2ccccc2F)C1. The summed E-state index contributed by atoms with van der Waals surface area (Å²) in [5, 5.41) is 3.61.